The minimum absolute atomic E-state index is 0.274. The number of nitrogens with one attached hydrogen (secondary N) is 2. The summed E-state index contributed by atoms with van der Waals surface area (Å²) >= 11 is 0. The van der Waals surface area contributed by atoms with Crippen molar-refractivity contribution in [3.63, 3.8) is 0 Å². The summed E-state index contributed by atoms with van der Waals surface area (Å²) in [5.41, 5.74) is 2.80. The molecular formula is C27H35FN2O2. The minimum Gasteiger partial charge on any atom is -0.322 e. The van der Waals surface area contributed by atoms with Gasteiger partial charge in [0.1, 0.15) is 12.5 Å². The highest BCUT2D eigenvalue weighted by atomic mass is 19.1. The van der Waals surface area contributed by atoms with Gasteiger partial charge in [-0.3, -0.25) is 4.79 Å². The minimum atomic E-state index is -1.56. The molecule has 0 amide bonds. The summed E-state index contributed by atoms with van der Waals surface area (Å²) in [5, 5.41) is 3.78. The van der Waals surface area contributed by atoms with Gasteiger partial charge in [-0.25, -0.2) is 4.39 Å². The predicted molar refractivity (Wildman–Crippen MR) is 134 cm³/mol. The highest BCUT2D eigenvalue weighted by molar-refractivity contribution is 5.83. The summed E-state index contributed by atoms with van der Waals surface area (Å²) in [5.74, 6) is 0. The number of H-pyrrole nitrogens is 1. The molecule has 0 saturated carbocycles. The molecule has 0 bridgehead atoms. The molecule has 2 N–H and O–H groups in total. The second kappa shape index (κ2) is 14.7. The van der Waals surface area contributed by atoms with E-state index in [1.54, 1.807) is 0 Å². The van der Waals surface area contributed by atoms with E-state index in [9.17, 15) is 9.18 Å². The molecule has 1 aromatic heterocycles. The van der Waals surface area contributed by atoms with Crippen molar-refractivity contribution in [1.82, 2.24) is 10.3 Å². The number of aryl methyl sites for hydroxylation is 1. The molecule has 0 aliphatic heterocycles. The number of rotatable bonds is 5. The Balaban J connectivity index is 0.000000928. The number of pyridine rings is 1. The van der Waals surface area contributed by atoms with Crippen LogP contribution < -0.4 is 10.9 Å². The maximum Gasteiger partial charge on any atom is 0.248 e. The van der Waals surface area contributed by atoms with Crippen molar-refractivity contribution in [2.24, 2.45) is 0 Å². The predicted octanol–water partition coefficient (Wildman–Crippen LogP) is 5.31. The number of terminal acetylenes is 1. The highest BCUT2D eigenvalue weighted by Gasteiger charge is 2.22. The van der Waals surface area contributed by atoms with Crippen LogP contribution in [0, 0.1) is 19.8 Å². The Kier molecular flexibility index (Phi) is 13.2. The zero-order chi connectivity index (χ0) is 24.7. The van der Waals surface area contributed by atoms with Crippen molar-refractivity contribution >= 4 is 17.7 Å². The number of fused-ring (bicyclic) bond motifs is 1. The molecule has 0 saturated heterocycles. The van der Waals surface area contributed by atoms with Crippen molar-refractivity contribution in [3.05, 3.63) is 81.1 Å². The fourth-order valence-electron chi connectivity index (χ4n) is 3.09. The van der Waals surface area contributed by atoms with Crippen LogP contribution in [0.5, 0.6) is 0 Å². The van der Waals surface area contributed by atoms with E-state index >= 15 is 0 Å². The smallest absolute Gasteiger partial charge is 0.248 e. The van der Waals surface area contributed by atoms with Crippen LogP contribution in [0.3, 0.4) is 0 Å². The largest absolute Gasteiger partial charge is 0.322 e. The highest BCUT2D eigenvalue weighted by Crippen LogP contribution is 2.30. The number of carbonyl (C=O) groups is 1. The molecule has 4 nitrogen and oxygen atoms in total. The third-order valence-corrected chi connectivity index (χ3v) is 4.58. The van der Waals surface area contributed by atoms with Crippen molar-refractivity contribution < 1.29 is 9.18 Å². The zero-order valence-corrected chi connectivity index (χ0v) is 19.8. The molecule has 0 atom stereocenters. The summed E-state index contributed by atoms with van der Waals surface area (Å²) in [6.45, 7) is 10.3. The topological polar surface area (TPSA) is 62.0 Å². The van der Waals surface area contributed by atoms with Crippen LogP contribution in [0.2, 0.25) is 0 Å². The number of aromatic nitrogens is 1. The van der Waals surface area contributed by atoms with E-state index in [1.165, 1.54) is 37.5 Å². The standard InChI is InChI=1S/C20H20FNO.C4H11N.C2H2.CH2O/c1-13-4-6-14(7-5-13)10-15-8-9-18-16(11-15)17(20(2,3)21)12-19(23)22-18;1-3-4-5-2;2*1-2/h4-9,11-12H,10H2,1-3H3,(H,22,23);5H,3-4H2,1-2H3;1-2H;1H2. The zero-order valence-electron chi connectivity index (χ0n) is 19.8. The van der Waals surface area contributed by atoms with E-state index in [2.05, 4.69) is 61.3 Å². The van der Waals surface area contributed by atoms with Crippen LogP contribution in [-0.2, 0) is 16.9 Å². The summed E-state index contributed by atoms with van der Waals surface area (Å²) in [6.07, 6.45) is 10.0. The monoisotopic (exact) mass is 438 g/mol. The van der Waals surface area contributed by atoms with E-state index < -0.39 is 5.67 Å². The molecule has 0 fully saturated rings. The van der Waals surface area contributed by atoms with Crippen molar-refractivity contribution in [3.8, 4) is 12.8 Å². The molecule has 32 heavy (non-hydrogen) atoms. The second-order valence-electron chi connectivity index (χ2n) is 7.67. The normalized spacial score (nSPS) is 10.0. The van der Waals surface area contributed by atoms with Gasteiger partial charge in [-0.05, 0) is 70.5 Å². The van der Waals surface area contributed by atoms with Crippen molar-refractivity contribution in [1.29, 1.82) is 0 Å². The number of aromatic amines is 1. The van der Waals surface area contributed by atoms with Crippen LogP contribution in [0.25, 0.3) is 10.9 Å². The fourth-order valence-corrected chi connectivity index (χ4v) is 3.09. The second-order valence-corrected chi connectivity index (χ2v) is 7.67. The average Bonchev–Trinajstić information content (AvgIpc) is 2.78. The Morgan fingerprint density at radius 3 is 2.06 bits per heavy atom. The van der Waals surface area contributed by atoms with Crippen LogP contribution in [0.4, 0.5) is 4.39 Å². The van der Waals surface area contributed by atoms with Crippen LogP contribution >= 0.6 is 0 Å². The maximum atomic E-state index is 14.5. The van der Waals surface area contributed by atoms with E-state index in [1.807, 2.05) is 32.0 Å². The Bertz CT molecular complexity index is 1010. The molecule has 0 unspecified atom stereocenters. The van der Waals surface area contributed by atoms with Gasteiger partial charge in [0.15, 0.2) is 0 Å². The van der Waals surface area contributed by atoms with Crippen LogP contribution in [0.1, 0.15) is 49.4 Å². The van der Waals surface area contributed by atoms with Crippen molar-refractivity contribution in [2.75, 3.05) is 13.6 Å². The molecule has 5 heteroatoms. The Hall–Kier alpha value is -3.23. The Morgan fingerprint density at radius 1 is 1.03 bits per heavy atom. The number of hydrogen-bond acceptors (Lipinski definition) is 3. The number of carbonyl (C=O) groups excluding carboxylic acids is 1. The summed E-state index contributed by atoms with van der Waals surface area (Å²) < 4.78 is 14.5. The molecule has 3 aromatic rings. The number of alkyl halides is 1. The third kappa shape index (κ3) is 9.28. The summed E-state index contributed by atoms with van der Waals surface area (Å²) in [7, 11) is 1.96. The van der Waals surface area contributed by atoms with Gasteiger partial charge in [0.25, 0.3) is 0 Å². The van der Waals surface area contributed by atoms with Gasteiger partial charge in [-0.1, -0.05) is 42.8 Å². The first kappa shape index (κ1) is 28.8. The van der Waals surface area contributed by atoms with Gasteiger partial charge in [-0.2, -0.15) is 0 Å². The molecule has 3 rings (SSSR count). The van der Waals surface area contributed by atoms with E-state index in [4.69, 9.17) is 4.79 Å². The van der Waals surface area contributed by atoms with Gasteiger partial charge >= 0.3 is 0 Å². The fraction of sp³-hybridized carbons (Fsp3) is 0.333. The van der Waals surface area contributed by atoms with Gasteiger partial charge in [0, 0.05) is 22.5 Å². The maximum absolute atomic E-state index is 14.5. The molecule has 1 heterocycles. The molecule has 2 aromatic carbocycles. The molecule has 0 spiro atoms. The lowest BCUT2D eigenvalue weighted by Crippen LogP contribution is -2.16. The van der Waals surface area contributed by atoms with Crippen LogP contribution in [0.15, 0.2) is 53.3 Å². The first-order chi connectivity index (χ1) is 15.2. The number of halogens is 1. The Labute approximate surface area is 191 Å². The quantitative estimate of drug-likeness (QED) is 0.531. The summed E-state index contributed by atoms with van der Waals surface area (Å²) in [6, 6.07) is 15.6. The first-order valence-electron chi connectivity index (χ1n) is 10.4. The van der Waals surface area contributed by atoms with Crippen molar-refractivity contribution in [2.45, 2.75) is 46.2 Å². The van der Waals surface area contributed by atoms with E-state index in [-0.39, 0.29) is 5.56 Å². The average molecular weight is 439 g/mol. The van der Waals surface area contributed by atoms with Crippen LogP contribution in [-0.4, -0.2) is 25.4 Å². The van der Waals surface area contributed by atoms with E-state index in [0.717, 1.165) is 23.9 Å². The Morgan fingerprint density at radius 2 is 1.59 bits per heavy atom. The van der Waals surface area contributed by atoms with E-state index in [0.29, 0.717) is 11.1 Å². The van der Waals surface area contributed by atoms with Gasteiger partial charge in [-0.15, -0.1) is 12.8 Å². The lowest BCUT2D eigenvalue weighted by atomic mass is 9.94. The lowest BCUT2D eigenvalue weighted by Gasteiger charge is -2.17. The van der Waals surface area contributed by atoms with Gasteiger partial charge in [0.2, 0.25) is 5.56 Å². The SMILES string of the molecule is C#C.C=O.CCCNC.Cc1ccc(Cc2ccc3[nH]c(=O)cc(C(C)(C)F)c3c2)cc1. The number of benzene rings is 2. The third-order valence-electron chi connectivity index (χ3n) is 4.58. The molecule has 0 radical (unpaired) electrons. The van der Waals surface area contributed by atoms with Gasteiger partial charge in [0.05, 0.1) is 0 Å². The first-order valence-corrected chi connectivity index (χ1v) is 10.4. The number of hydrogen-bond donors (Lipinski definition) is 2. The molecule has 172 valence electrons. The lowest BCUT2D eigenvalue weighted by molar-refractivity contribution is -0.0980. The molecule has 0 aliphatic rings. The summed E-state index contributed by atoms with van der Waals surface area (Å²) in [4.78, 5) is 22.5. The molecule has 0 aliphatic carbocycles. The van der Waals surface area contributed by atoms with Gasteiger partial charge < -0.3 is 15.1 Å². The molecular weight excluding hydrogens is 403 g/mol.